The molecule has 3 N–H and O–H groups in total. The molecule has 2 fully saturated rings. The first-order chi connectivity index (χ1) is 29.3. The Morgan fingerprint density at radius 1 is 0.500 bits per heavy atom. The summed E-state index contributed by atoms with van der Waals surface area (Å²) in [6.45, 7) is 4.46. The van der Waals surface area contributed by atoms with Crippen molar-refractivity contribution in [2.45, 2.75) is 257 Å². The van der Waals surface area contributed by atoms with Gasteiger partial charge in [-0.05, 0) is 107 Å². The third-order valence-electron chi connectivity index (χ3n) is 12.7. The Morgan fingerprint density at radius 2 is 0.883 bits per heavy atom. The molecule has 0 heterocycles. The number of esters is 3. The number of carbonyl (C=O) groups excluding carboxylic acids is 3. The van der Waals surface area contributed by atoms with E-state index in [1.54, 1.807) is 0 Å². The van der Waals surface area contributed by atoms with Gasteiger partial charge in [0.25, 0.3) is 0 Å². The van der Waals surface area contributed by atoms with Crippen molar-refractivity contribution < 1.29 is 28.6 Å². The smallest absolute Gasteiger partial charge is 0.306 e. The minimum absolute atomic E-state index is 0.00167. The molecular formula is C50H92N2O6S2. The van der Waals surface area contributed by atoms with Gasteiger partial charge >= 0.3 is 17.9 Å². The maximum absolute atomic E-state index is 12.8. The summed E-state index contributed by atoms with van der Waals surface area (Å²) in [5.74, 6) is 5.21. The van der Waals surface area contributed by atoms with Gasteiger partial charge in [0.1, 0.15) is 18.3 Å². The van der Waals surface area contributed by atoms with E-state index in [1.807, 2.05) is 23.5 Å². The summed E-state index contributed by atoms with van der Waals surface area (Å²) >= 11 is 3.84. The molecule has 60 heavy (non-hydrogen) atoms. The van der Waals surface area contributed by atoms with Crippen molar-refractivity contribution in [1.82, 2.24) is 0 Å². The summed E-state index contributed by atoms with van der Waals surface area (Å²) in [6, 6.07) is 0. The molecule has 0 aromatic heterocycles. The monoisotopic (exact) mass is 881 g/mol. The maximum Gasteiger partial charge on any atom is 0.306 e. The van der Waals surface area contributed by atoms with Crippen LogP contribution in [0.1, 0.15) is 239 Å². The second-order valence-electron chi connectivity index (χ2n) is 18.3. The standard InChI is InChI=1S/C50H92N2O6S2/c1-3-5-7-17-30-45(57-49(54)36-34-42-24-13-9-14-25-42)40-59-38-21-11-19-28-44(56-48(53)33-23-32-47(51)52)29-20-12-22-39-60-41-46(31-18-8-6-4-2)58-50(55)37-35-43-26-15-10-16-27-43/h42-46H,3-41H2,1-2H3,(H3,51,52). The van der Waals surface area contributed by atoms with Crippen LogP contribution >= 0.6 is 23.5 Å². The highest BCUT2D eigenvalue weighted by atomic mass is 32.2. The molecule has 0 saturated heterocycles. The Bertz CT molecular complexity index is 1020. The second kappa shape index (κ2) is 38.1. The van der Waals surface area contributed by atoms with Crippen molar-refractivity contribution in [2.24, 2.45) is 17.6 Å². The third-order valence-corrected chi connectivity index (χ3v) is 15.1. The zero-order valence-corrected chi connectivity index (χ0v) is 40.4. The average molecular weight is 881 g/mol. The summed E-state index contributed by atoms with van der Waals surface area (Å²) in [6.07, 6.45) is 37.1. The highest BCUT2D eigenvalue weighted by Crippen LogP contribution is 2.29. The normalized spacial score (nSPS) is 16.6. The molecule has 2 atom stereocenters. The predicted octanol–water partition coefficient (Wildman–Crippen LogP) is 14.1. The van der Waals surface area contributed by atoms with Crippen LogP contribution in [0.2, 0.25) is 0 Å². The van der Waals surface area contributed by atoms with Crippen LogP contribution in [0.4, 0.5) is 0 Å². The van der Waals surface area contributed by atoms with Gasteiger partial charge in [-0.3, -0.25) is 19.8 Å². The van der Waals surface area contributed by atoms with Crippen LogP contribution < -0.4 is 5.73 Å². The Balaban J connectivity index is 1.71. The number of nitrogens with one attached hydrogen (secondary N) is 1. The van der Waals surface area contributed by atoms with Crippen LogP contribution in [0, 0.1) is 17.2 Å². The molecule has 2 rings (SSSR count). The van der Waals surface area contributed by atoms with Crippen LogP contribution in [0.3, 0.4) is 0 Å². The molecule has 0 radical (unpaired) electrons. The summed E-state index contributed by atoms with van der Waals surface area (Å²) in [5, 5.41) is 7.48. The summed E-state index contributed by atoms with van der Waals surface area (Å²) < 4.78 is 18.1. The van der Waals surface area contributed by atoms with Crippen LogP contribution in [0.5, 0.6) is 0 Å². The molecule has 0 amide bonds. The summed E-state index contributed by atoms with van der Waals surface area (Å²) in [7, 11) is 0. The van der Waals surface area contributed by atoms with E-state index in [0.717, 1.165) is 113 Å². The molecule has 0 aromatic rings. The Labute approximate surface area is 377 Å². The number of thioether (sulfide) groups is 2. The molecule has 0 bridgehead atoms. The van der Waals surface area contributed by atoms with Gasteiger partial charge in [-0.25, -0.2) is 0 Å². The van der Waals surface area contributed by atoms with Crippen molar-refractivity contribution in [2.75, 3.05) is 23.0 Å². The third kappa shape index (κ3) is 31.4. The fraction of sp³-hybridized carbons (Fsp3) is 0.920. The van der Waals surface area contributed by atoms with E-state index < -0.39 is 0 Å². The predicted molar refractivity (Wildman–Crippen MR) is 256 cm³/mol. The molecule has 0 spiro atoms. The van der Waals surface area contributed by atoms with Crippen LogP contribution in [0.25, 0.3) is 0 Å². The van der Waals surface area contributed by atoms with E-state index >= 15 is 0 Å². The highest BCUT2D eigenvalue weighted by molar-refractivity contribution is 7.99. The number of rotatable bonds is 39. The van der Waals surface area contributed by atoms with Crippen molar-refractivity contribution in [3.05, 3.63) is 0 Å². The first kappa shape index (κ1) is 54.7. The molecule has 0 aromatic carbocycles. The Morgan fingerprint density at radius 3 is 1.30 bits per heavy atom. The van der Waals surface area contributed by atoms with Crippen LogP contribution in [-0.2, 0) is 28.6 Å². The average Bonchev–Trinajstić information content (AvgIpc) is 3.24. The van der Waals surface area contributed by atoms with E-state index in [2.05, 4.69) is 13.8 Å². The molecular weight excluding hydrogens is 789 g/mol. The molecule has 8 nitrogen and oxygen atoms in total. The van der Waals surface area contributed by atoms with Gasteiger partial charge in [-0.1, -0.05) is 129 Å². The lowest BCUT2D eigenvalue weighted by Crippen LogP contribution is -2.22. The first-order valence-electron chi connectivity index (χ1n) is 25.4. The number of hydrogen-bond donors (Lipinski definition) is 2. The molecule has 350 valence electrons. The first-order valence-corrected chi connectivity index (χ1v) is 27.7. The number of hydrogen-bond acceptors (Lipinski definition) is 9. The number of amidine groups is 1. The lowest BCUT2D eigenvalue weighted by atomic mass is 9.86. The number of carbonyl (C=O) groups is 3. The number of unbranched alkanes of at least 4 members (excludes halogenated alkanes) is 10. The molecule has 2 aliphatic rings. The van der Waals surface area contributed by atoms with Gasteiger partial charge < -0.3 is 19.9 Å². The van der Waals surface area contributed by atoms with E-state index in [1.165, 1.54) is 103 Å². The van der Waals surface area contributed by atoms with Gasteiger partial charge in [0.05, 0.1) is 5.84 Å². The Hall–Kier alpha value is -1.42. The van der Waals surface area contributed by atoms with Crippen LogP contribution in [-0.4, -0.2) is 65.1 Å². The van der Waals surface area contributed by atoms with Gasteiger partial charge in [-0.15, -0.1) is 0 Å². The molecule has 2 unspecified atom stereocenters. The lowest BCUT2D eigenvalue weighted by molar-refractivity contribution is -0.150. The van der Waals surface area contributed by atoms with E-state index in [9.17, 15) is 14.4 Å². The quantitative estimate of drug-likeness (QED) is 0.0204. The zero-order chi connectivity index (χ0) is 43.3. The minimum atomic E-state index is -0.177. The van der Waals surface area contributed by atoms with Gasteiger partial charge in [0.2, 0.25) is 0 Å². The van der Waals surface area contributed by atoms with E-state index in [-0.39, 0.29) is 42.1 Å². The molecule has 2 aliphatic carbocycles. The van der Waals surface area contributed by atoms with Crippen molar-refractivity contribution in [3.8, 4) is 0 Å². The number of ether oxygens (including phenoxy) is 3. The second-order valence-corrected chi connectivity index (χ2v) is 20.6. The largest absolute Gasteiger partial charge is 0.462 e. The number of nitrogens with two attached hydrogens (primary N) is 1. The van der Waals surface area contributed by atoms with Gasteiger partial charge in [-0.2, -0.15) is 23.5 Å². The zero-order valence-electron chi connectivity index (χ0n) is 38.8. The topological polar surface area (TPSA) is 129 Å². The lowest BCUT2D eigenvalue weighted by Gasteiger charge is -2.22. The van der Waals surface area contributed by atoms with Crippen molar-refractivity contribution in [3.63, 3.8) is 0 Å². The highest BCUT2D eigenvalue weighted by Gasteiger charge is 2.21. The SMILES string of the molecule is CCCCCCC(CSCCCCCC(CCCCCSCC(CCCCCC)OC(=O)CCC1CCCCC1)OC(=O)CCCC(=N)N)OC(=O)CCC1CCCCC1. The summed E-state index contributed by atoms with van der Waals surface area (Å²) in [5.41, 5.74) is 5.51. The van der Waals surface area contributed by atoms with Crippen molar-refractivity contribution >= 4 is 47.3 Å². The van der Waals surface area contributed by atoms with E-state index in [4.69, 9.17) is 25.4 Å². The van der Waals surface area contributed by atoms with Gasteiger partial charge in [0.15, 0.2) is 0 Å². The molecule has 2 saturated carbocycles. The molecule has 10 heteroatoms. The summed E-state index contributed by atoms with van der Waals surface area (Å²) in [4.78, 5) is 38.3. The minimum Gasteiger partial charge on any atom is -0.462 e. The molecule has 0 aliphatic heterocycles. The fourth-order valence-electron chi connectivity index (χ4n) is 8.90. The van der Waals surface area contributed by atoms with Crippen molar-refractivity contribution in [1.29, 1.82) is 5.41 Å². The maximum atomic E-state index is 12.8. The fourth-order valence-corrected chi connectivity index (χ4v) is 11.0. The Kier molecular flexibility index (Phi) is 34.7. The van der Waals surface area contributed by atoms with E-state index in [0.29, 0.717) is 43.9 Å². The van der Waals surface area contributed by atoms with Gasteiger partial charge in [0, 0.05) is 37.2 Å². The van der Waals surface area contributed by atoms with Crippen LogP contribution in [0.15, 0.2) is 0 Å².